The molecule has 4 atom stereocenters. The Kier molecular flexibility index (Phi) is 16.2. The molecule has 4 unspecified atom stereocenters. The highest BCUT2D eigenvalue weighted by Crippen LogP contribution is 2.08. The maximum atomic E-state index is 13.0. The van der Waals surface area contributed by atoms with Crippen LogP contribution in [0.25, 0.3) is 0 Å². The van der Waals surface area contributed by atoms with Crippen molar-refractivity contribution in [2.24, 2.45) is 23.1 Å². The number of unbranched alkanes of at least 4 members (excludes halogenated alkanes) is 2. The number of carbonyl (C=O) groups is 5. The second-order valence-corrected chi connectivity index (χ2v) is 8.80. The monoisotopic (exact) mass is 502 g/mol. The van der Waals surface area contributed by atoms with Crippen LogP contribution >= 0.6 is 0 Å². The minimum absolute atomic E-state index is 0.178. The second kappa shape index (κ2) is 17.6. The zero-order chi connectivity index (χ0) is 27.0. The van der Waals surface area contributed by atoms with Crippen molar-refractivity contribution in [2.75, 3.05) is 13.1 Å². The second-order valence-electron chi connectivity index (χ2n) is 8.80. The van der Waals surface area contributed by atoms with Crippen molar-refractivity contribution < 1.29 is 34.2 Å². The quantitative estimate of drug-likeness (QED) is 0.0963. The van der Waals surface area contributed by atoms with Gasteiger partial charge < -0.3 is 43.4 Å². The van der Waals surface area contributed by atoms with E-state index in [1.807, 2.05) is 0 Å². The van der Waals surface area contributed by atoms with Crippen molar-refractivity contribution in [2.45, 2.75) is 89.4 Å². The summed E-state index contributed by atoms with van der Waals surface area (Å²) in [7, 11) is 0. The highest BCUT2D eigenvalue weighted by Gasteiger charge is 2.31. The molecule has 0 saturated carbocycles. The molecule has 0 aromatic rings. The van der Waals surface area contributed by atoms with Crippen LogP contribution in [0, 0.1) is 5.92 Å². The Morgan fingerprint density at radius 1 is 0.714 bits per heavy atom. The van der Waals surface area contributed by atoms with Crippen LogP contribution in [0.1, 0.15) is 65.2 Å². The number of carboxylic acids is 2. The highest BCUT2D eigenvalue weighted by atomic mass is 16.4. The predicted molar refractivity (Wildman–Crippen MR) is 129 cm³/mol. The zero-order valence-corrected chi connectivity index (χ0v) is 20.6. The SMILES string of the molecule is CC(C)C(NC(=O)C(CCCCN)NC(=O)C(CCC(=O)O)NC(=O)C(N)CCCCN)C(=O)O. The maximum absolute atomic E-state index is 13.0. The number of hydrogen-bond donors (Lipinski definition) is 8. The van der Waals surface area contributed by atoms with Gasteiger partial charge in [0.25, 0.3) is 0 Å². The molecule has 0 aliphatic rings. The maximum Gasteiger partial charge on any atom is 0.326 e. The van der Waals surface area contributed by atoms with Crippen LogP contribution in [0.15, 0.2) is 0 Å². The number of hydrogen-bond acceptors (Lipinski definition) is 8. The van der Waals surface area contributed by atoms with Gasteiger partial charge in [-0.25, -0.2) is 4.79 Å². The first-order valence-corrected chi connectivity index (χ1v) is 12.0. The van der Waals surface area contributed by atoms with Gasteiger partial charge in [0.15, 0.2) is 0 Å². The van der Waals surface area contributed by atoms with Gasteiger partial charge in [0.1, 0.15) is 18.1 Å². The fourth-order valence-electron chi connectivity index (χ4n) is 3.26. The van der Waals surface area contributed by atoms with Crippen molar-refractivity contribution in [1.82, 2.24) is 16.0 Å². The third-order valence-electron chi connectivity index (χ3n) is 5.40. The Morgan fingerprint density at radius 2 is 1.20 bits per heavy atom. The average Bonchev–Trinajstić information content (AvgIpc) is 2.78. The molecule has 0 radical (unpaired) electrons. The minimum atomic E-state index is -1.25. The third-order valence-corrected chi connectivity index (χ3v) is 5.40. The fourth-order valence-corrected chi connectivity index (χ4v) is 3.26. The summed E-state index contributed by atoms with van der Waals surface area (Å²) in [6.45, 7) is 4.08. The number of rotatable bonds is 19. The molecule has 0 aromatic carbocycles. The summed E-state index contributed by atoms with van der Waals surface area (Å²) in [6, 6.07) is -4.42. The first-order chi connectivity index (χ1) is 16.4. The van der Waals surface area contributed by atoms with E-state index in [9.17, 15) is 29.1 Å². The smallest absolute Gasteiger partial charge is 0.326 e. The normalized spacial score (nSPS) is 14.5. The van der Waals surface area contributed by atoms with E-state index in [4.69, 9.17) is 22.3 Å². The Morgan fingerprint density at radius 3 is 1.69 bits per heavy atom. The summed E-state index contributed by atoms with van der Waals surface area (Å²) in [5.41, 5.74) is 16.8. The lowest BCUT2D eigenvalue weighted by atomic mass is 10.0. The van der Waals surface area contributed by atoms with Gasteiger partial charge in [-0.3, -0.25) is 19.2 Å². The number of nitrogens with one attached hydrogen (secondary N) is 3. The van der Waals surface area contributed by atoms with Crippen molar-refractivity contribution in [3.05, 3.63) is 0 Å². The van der Waals surface area contributed by atoms with Gasteiger partial charge in [-0.2, -0.15) is 0 Å². The van der Waals surface area contributed by atoms with Gasteiger partial charge in [0.05, 0.1) is 6.04 Å². The Bertz CT molecular complexity index is 704. The molecule has 0 aliphatic heterocycles. The largest absolute Gasteiger partial charge is 0.481 e. The summed E-state index contributed by atoms with van der Waals surface area (Å²) in [4.78, 5) is 60.8. The van der Waals surface area contributed by atoms with E-state index >= 15 is 0 Å². The molecule has 0 saturated heterocycles. The summed E-state index contributed by atoms with van der Waals surface area (Å²) in [5, 5.41) is 25.8. The molecule has 0 spiro atoms. The van der Waals surface area contributed by atoms with Crippen LogP contribution in [-0.4, -0.2) is 77.1 Å². The Hall–Kier alpha value is -2.77. The van der Waals surface area contributed by atoms with Gasteiger partial charge in [0.2, 0.25) is 17.7 Å². The average molecular weight is 503 g/mol. The molecular weight excluding hydrogens is 460 g/mol. The number of nitrogens with two attached hydrogens (primary N) is 3. The van der Waals surface area contributed by atoms with E-state index in [2.05, 4.69) is 16.0 Å². The molecule has 13 heteroatoms. The molecule has 11 N–H and O–H groups in total. The van der Waals surface area contributed by atoms with Crippen LogP contribution < -0.4 is 33.2 Å². The van der Waals surface area contributed by atoms with Gasteiger partial charge in [0, 0.05) is 6.42 Å². The van der Waals surface area contributed by atoms with Crippen LogP contribution in [-0.2, 0) is 24.0 Å². The van der Waals surface area contributed by atoms with Gasteiger partial charge in [-0.05, 0) is 57.5 Å². The minimum Gasteiger partial charge on any atom is -0.481 e. The van der Waals surface area contributed by atoms with Crippen LogP contribution in [0.4, 0.5) is 0 Å². The van der Waals surface area contributed by atoms with Crippen LogP contribution in [0.3, 0.4) is 0 Å². The lowest BCUT2D eigenvalue weighted by Crippen LogP contribution is -2.57. The fraction of sp³-hybridized carbons (Fsp3) is 0.773. The van der Waals surface area contributed by atoms with Gasteiger partial charge in [-0.1, -0.05) is 20.3 Å². The molecule has 0 heterocycles. The molecule has 0 aliphatic carbocycles. The standard InChI is InChI=1S/C22H42N6O7/c1-13(2)18(22(34)35)28-21(33)15(8-4-6-12-24)27-20(32)16(9-10-17(29)30)26-19(31)14(25)7-3-5-11-23/h13-16,18H,3-12,23-25H2,1-2H3,(H,26,31)(H,27,32)(H,28,33)(H,29,30)(H,34,35). The molecule has 0 fully saturated rings. The lowest BCUT2D eigenvalue weighted by Gasteiger charge is -2.26. The Labute approximate surface area is 205 Å². The Balaban J connectivity index is 5.50. The molecular formula is C22H42N6O7. The molecule has 202 valence electrons. The van der Waals surface area contributed by atoms with Crippen LogP contribution in [0.2, 0.25) is 0 Å². The molecule has 35 heavy (non-hydrogen) atoms. The van der Waals surface area contributed by atoms with E-state index in [1.165, 1.54) is 0 Å². The summed E-state index contributed by atoms with van der Waals surface area (Å²) >= 11 is 0. The molecule has 0 aromatic heterocycles. The van der Waals surface area contributed by atoms with Gasteiger partial charge in [-0.15, -0.1) is 0 Å². The lowest BCUT2D eigenvalue weighted by molar-refractivity contribution is -0.143. The summed E-state index contributed by atoms with van der Waals surface area (Å²) < 4.78 is 0. The highest BCUT2D eigenvalue weighted by molar-refractivity contribution is 5.94. The van der Waals surface area contributed by atoms with E-state index in [0.29, 0.717) is 45.2 Å². The summed E-state index contributed by atoms with van der Waals surface area (Å²) in [6.07, 6.45) is 2.24. The van der Waals surface area contributed by atoms with Crippen molar-refractivity contribution in [1.29, 1.82) is 0 Å². The zero-order valence-electron chi connectivity index (χ0n) is 20.6. The van der Waals surface area contributed by atoms with E-state index in [0.717, 1.165) is 0 Å². The van der Waals surface area contributed by atoms with E-state index in [-0.39, 0.29) is 12.8 Å². The van der Waals surface area contributed by atoms with Crippen molar-refractivity contribution in [3.63, 3.8) is 0 Å². The molecule has 0 rings (SSSR count). The van der Waals surface area contributed by atoms with Gasteiger partial charge >= 0.3 is 11.9 Å². The molecule has 3 amide bonds. The molecule has 0 bridgehead atoms. The number of carboxylic acid groups (broad SMARTS) is 2. The van der Waals surface area contributed by atoms with Crippen LogP contribution in [0.5, 0.6) is 0 Å². The van der Waals surface area contributed by atoms with Crippen molar-refractivity contribution in [3.8, 4) is 0 Å². The van der Waals surface area contributed by atoms with E-state index in [1.54, 1.807) is 13.8 Å². The number of amides is 3. The predicted octanol–water partition coefficient (Wildman–Crippen LogP) is -1.37. The van der Waals surface area contributed by atoms with Crippen molar-refractivity contribution >= 4 is 29.7 Å². The van der Waals surface area contributed by atoms with E-state index < -0.39 is 66.2 Å². The first kappa shape index (κ1) is 32.2. The summed E-state index contributed by atoms with van der Waals surface area (Å²) in [5.74, 6) is -4.86. The number of carbonyl (C=O) groups excluding carboxylic acids is 3. The third kappa shape index (κ3) is 13.6. The first-order valence-electron chi connectivity index (χ1n) is 12.0. The molecule has 13 nitrogen and oxygen atoms in total. The topological polar surface area (TPSA) is 240 Å². The number of aliphatic carboxylic acids is 2.